The van der Waals surface area contributed by atoms with Gasteiger partial charge in [0.25, 0.3) is 5.69 Å². The van der Waals surface area contributed by atoms with Crippen molar-refractivity contribution in [2.24, 2.45) is 0 Å². The number of nitro groups is 1. The fourth-order valence-corrected chi connectivity index (χ4v) is 3.32. The van der Waals surface area contributed by atoms with Crippen LogP contribution in [-0.2, 0) is 0 Å². The number of hydrogen-bond acceptors (Lipinski definition) is 7. The number of anilines is 3. The fourth-order valence-electron chi connectivity index (χ4n) is 3.32. The highest BCUT2D eigenvalue weighted by Gasteiger charge is 2.16. The summed E-state index contributed by atoms with van der Waals surface area (Å²) in [5.41, 5.74) is 2.89. The van der Waals surface area contributed by atoms with E-state index in [9.17, 15) is 20.3 Å². The summed E-state index contributed by atoms with van der Waals surface area (Å²) in [5.74, 6) is 0.441. The molecule has 0 radical (unpaired) electrons. The number of allylic oxidation sites excluding steroid dienone is 2. The van der Waals surface area contributed by atoms with Crippen LogP contribution < -0.4 is 15.0 Å². The van der Waals surface area contributed by atoms with Crippen LogP contribution >= 0.6 is 0 Å². The molecule has 2 aromatic carbocycles. The Morgan fingerprint density at radius 2 is 1.81 bits per heavy atom. The van der Waals surface area contributed by atoms with Crippen molar-refractivity contribution in [3.8, 4) is 5.75 Å². The quantitative estimate of drug-likeness (QED) is 0.371. The summed E-state index contributed by atoms with van der Waals surface area (Å²) in [7, 11) is 0. The van der Waals surface area contributed by atoms with Gasteiger partial charge in [0.05, 0.1) is 24.2 Å². The Labute approximate surface area is 181 Å². The minimum atomic E-state index is -0.437. The standard InChI is InChI=1S/C23H27N3O5/c27-14-12-25(13-15-28)20-8-6-19(7-9-20)24-22-11-10-21(16-23(22)26(29)30)31-17-18-4-2-1-3-5-18/h2,4-11,16,24,27-28H,1,3,12-15,17H2. The molecule has 0 amide bonds. The van der Waals surface area contributed by atoms with Crippen LogP contribution in [0.2, 0.25) is 0 Å². The number of nitrogens with one attached hydrogen (secondary N) is 1. The van der Waals surface area contributed by atoms with Gasteiger partial charge in [-0.3, -0.25) is 10.1 Å². The fraction of sp³-hybridized carbons (Fsp3) is 0.304. The number of nitro benzene ring substituents is 1. The van der Waals surface area contributed by atoms with Gasteiger partial charge in [0.15, 0.2) is 0 Å². The minimum Gasteiger partial charge on any atom is -0.489 e. The molecular weight excluding hydrogens is 398 g/mol. The molecule has 3 N–H and O–H groups in total. The van der Waals surface area contributed by atoms with Crippen molar-refractivity contribution in [2.75, 3.05) is 43.1 Å². The van der Waals surface area contributed by atoms with Crippen LogP contribution in [0.3, 0.4) is 0 Å². The van der Waals surface area contributed by atoms with Gasteiger partial charge in [-0.25, -0.2) is 0 Å². The third-order valence-electron chi connectivity index (χ3n) is 4.89. The molecule has 0 saturated heterocycles. The molecule has 3 rings (SSSR count). The van der Waals surface area contributed by atoms with Gasteiger partial charge in [-0.05, 0) is 54.8 Å². The molecule has 2 aromatic rings. The summed E-state index contributed by atoms with van der Waals surface area (Å²) in [6.45, 7) is 1.16. The molecule has 0 fully saturated rings. The van der Waals surface area contributed by atoms with Crippen LogP contribution in [0.4, 0.5) is 22.7 Å². The molecule has 8 nitrogen and oxygen atoms in total. The van der Waals surface area contributed by atoms with Crippen LogP contribution in [0.15, 0.2) is 66.3 Å². The molecule has 0 heterocycles. The Balaban J connectivity index is 1.70. The maximum absolute atomic E-state index is 11.6. The highest BCUT2D eigenvalue weighted by atomic mass is 16.6. The zero-order valence-electron chi connectivity index (χ0n) is 17.2. The molecule has 31 heavy (non-hydrogen) atoms. The second kappa shape index (κ2) is 11.1. The Bertz CT molecular complexity index is 935. The third kappa shape index (κ3) is 6.31. The van der Waals surface area contributed by atoms with Gasteiger partial charge >= 0.3 is 0 Å². The van der Waals surface area contributed by atoms with Gasteiger partial charge in [-0.1, -0.05) is 18.2 Å². The summed E-state index contributed by atoms with van der Waals surface area (Å²) >= 11 is 0. The molecular formula is C23H27N3O5. The van der Waals surface area contributed by atoms with Gasteiger partial charge in [0.2, 0.25) is 0 Å². The van der Waals surface area contributed by atoms with Crippen molar-refractivity contribution < 1.29 is 19.9 Å². The molecule has 8 heteroatoms. The monoisotopic (exact) mass is 425 g/mol. The van der Waals surface area contributed by atoms with Gasteiger partial charge in [-0.15, -0.1) is 0 Å². The maximum atomic E-state index is 11.6. The Morgan fingerprint density at radius 3 is 2.42 bits per heavy atom. The predicted molar refractivity (Wildman–Crippen MR) is 121 cm³/mol. The van der Waals surface area contributed by atoms with E-state index in [1.54, 1.807) is 24.3 Å². The third-order valence-corrected chi connectivity index (χ3v) is 4.89. The van der Waals surface area contributed by atoms with E-state index in [2.05, 4.69) is 17.5 Å². The first-order valence-electron chi connectivity index (χ1n) is 10.2. The largest absolute Gasteiger partial charge is 0.489 e. The summed E-state index contributed by atoms with van der Waals surface area (Å²) in [6, 6.07) is 12.0. The maximum Gasteiger partial charge on any atom is 0.296 e. The minimum absolute atomic E-state index is 0.0197. The van der Waals surface area contributed by atoms with Crippen LogP contribution in [0, 0.1) is 10.1 Å². The number of aliphatic hydroxyl groups excluding tert-OH is 2. The van der Waals surface area contributed by atoms with Gasteiger partial charge in [0, 0.05) is 24.5 Å². The molecule has 0 saturated carbocycles. The normalized spacial score (nSPS) is 12.9. The lowest BCUT2D eigenvalue weighted by atomic mass is 10.1. The molecule has 0 unspecified atom stereocenters. The Kier molecular flexibility index (Phi) is 8.03. The van der Waals surface area contributed by atoms with Crippen molar-refractivity contribution in [3.63, 3.8) is 0 Å². The first kappa shape index (κ1) is 22.3. The van der Waals surface area contributed by atoms with Crippen molar-refractivity contribution in [3.05, 3.63) is 76.4 Å². The second-order valence-corrected chi connectivity index (χ2v) is 7.09. The number of aliphatic hydroxyl groups is 2. The second-order valence-electron chi connectivity index (χ2n) is 7.09. The van der Waals surface area contributed by atoms with Crippen LogP contribution in [0.5, 0.6) is 5.75 Å². The Morgan fingerprint density at radius 1 is 1.06 bits per heavy atom. The molecule has 0 atom stereocenters. The van der Waals surface area contributed by atoms with Crippen molar-refractivity contribution in [1.29, 1.82) is 0 Å². The van der Waals surface area contributed by atoms with Crippen LogP contribution in [-0.4, -0.2) is 48.0 Å². The molecule has 0 spiro atoms. The first-order valence-corrected chi connectivity index (χ1v) is 10.2. The number of rotatable bonds is 11. The summed E-state index contributed by atoms with van der Waals surface area (Å²) < 4.78 is 5.73. The van der Waals surface area contributed by atoms with E-state index in [0.29, 0.717) is 36.8 Å². The Hall–Kier alpha value is -3.36. The number of hydrogen-bond donors (Lipinski definition) is 3. The lowest BCUT2D eigenvalue weighted by molar-refractivity contribution is -0.384. The van der Waals surface area contributed by atoms with E-state index in [0.717, 1.165) is 24.1 Å². The molecule has 1 aliphatic carbocycles. The zero-order chi connectivity index (χ0) is 22.1. The molecule has 0 aliphatic heterocycles. The van der Waals surface area contributed by atoms with Crippen molar-refractivity contribution in [1.82, 2.24) is 0 Å². The van der Waals surface area contributed by atoms with Gasteiger partial charge < -0.3 is 25.2 Å². The predicted octanol–water partition coefficient (Wildman–Crippen LogP) is 3.78. The van der Waals surface area contributed by atoms with E-state index in [4.69, 9.17) is 4.74 Å². The molecule has 164 valence electrons. The summed E-state index contributed by atoms with van der Waals surface area (Å²) in [4.78, 5) is 13.0. The average molecular weight is 425 g/mol. The van der Waals surface area contributed by atoms with Gasteiger partial charge in [-0.2, -0.15) is 0 Å². The SMILES string of the molecule is O=[N+]([O-])c1cc(OCC2=CCCC=C2)ccc1Nc1ccc(N(CCO)CCO)cc1. The van der Waals surface area contributed by atoms with E-state index >= 15 is 0 Å². The average Bonchev–Trinajstić information content (AvgIpc) is 2.79. The summed E-state index contributed by atoms with van der Waals surface area (Å²) in [6.07, 6.45) is 8.22. The highest BCUT2D eigenvalue weighted by Crippen LogP contribution is 2.32. The molecule has 0 aromatic heterocycles. The zero-order valence-corrected chi connectivity index (χ0v) is 17.2. The topological polar surface area (TPSA) is 108 Å². The van der Waals surface area contributed by atoms with Crippen LogP contribution in [0.25, 0.3) is 0 Å². The lowest BCUT2D eigenvalue weighted by Gasteiger charge is -2.23. The van der Waals surface area contributed by atoms with E-state index < -0.39 is 4.92 Å². The van der Waals surface area contributed by atoms with Crippen LogP contribution in [0.1, 0.15) is 12.8 Å². The van der Waals surface area contributed by atoms with Crippen molar-refractivity contribution >= 4 is 22.7 Å². The number of benzene rings is 2. The smallest absolute Gasteiger partial charge is 0.296 e. The van der Waals surface area contributed by atoms with Gasteiger partial charge in [0.1, 0.15) is 18.0 Å². The molecule has 1 aliphatic rings. The number of nitrogens with zero attached hydrogens (tertiary/aromatic N) is 2. The van der Waals surface area contributed by atoms with E-state index in [1.165, 1.54) is 6.07 Å². The summed E-state index contributed by atoms with van der Waals surface area (Å²) in [5, 5.41) is 33.0. The van der Waals surface area contributed by atoms with E-state index in [-0.39, 0.29) is 18.9 Å². The van der Waals surface area contributed by atoms with E-state index in [1.807, 2.05) is 23.1 Å². The highest BCUT2D eigenvalue weighted by molar-refractivity contribution is 5.71. The molecule has 0 bridgehead atoms. The first-order chi connectivity index (χ1) is 15.1. The number of ether oxygens (including phenoxy) is 1. The lowest BCUT2D eigenvalue weighted by Crippen LogP contribution is -2.29. The van der Waals surface area contributed by atoms with Crippen molar-refractivity contribution in [2.45, 2.75) is 12.8 Å².